The van der Waals surface area contributed by atoms with Crippen molar-refractivity contribution in [3.05, 3.63) is 0 Å². The van der Waals surface area contributed by atoms with Gasteiger partial charge in [0.25, 0.3) is 0 Å². The summed E-state index contributed by atoms with van der Waals surface area (Å²) in [5, 5.41) is 13.2. The van der Waals surface area contributed by atoms with Gasteiger partial charge in [0.05, 0.1) is 4.75 Å². The highest BCUT2D eigenvalue weighted by Gasteiger charge is 2.49. The Hall–Kier alpha value is -0.530. The van der Waals surface area contributed by atoms with E-state index in [1.165, 1.54) is 18.8 Å². The first-order chi connectivity index (χ1) is 8.20. The van der Waals surface area contributed by atoms with E-state index in [4.69, 9.17) is 12.2 Å². The van der Waals surface area contributed by atoms with Gasteiger partial charge in [-0.2, -0.15) is 5.06 Å². The molecule has 0 aromatic heterocycles. The van der Waals surface area contributed by atoms with Gasteiger partial charge in [-0.1, -0.05) is 37.8 Å². The maximum absolute atomic E-state index is 11.6. The summed E-state index contributed by atoms with van der Waals surface area (Å²) in [6, 6.07) is -0.521. The van der Waals surface area contributed by atoms with E-state index in [0.717, 1.165) is 9.38 Å². The molecule has 0 aliphatic carbocycles. The molecule has 1 fully saturated rings. The Morgan fingerprint density at radius 3 is 2.67 bits per heavy atom. The lowest BCUT2D eigenvalue weighted by Gasteiger charge is -2.37. The fourth-order valence-corrected chi connectivity index (χ4v) is 3.92. The molecule has 2 amide bonds. The van der Waals surface area contributed by atoms with Crippen LogP contribution in [0.3, 0.4) is 0 Å². The Morgan fingerprint density at radius 1 is 1.67 bits per heavy atom. The topological polar surface area (TPSA) is 55.8 Å². The molecule has 1 aliphatic heterocycles. The molecule has 1 atom stereocenters. The first-order valence-corrected chi connectivity index (χ1v) is 7.12. The third-order valence-electron chi connectivity index (χ3n) is 2.72. The minimum Gasteiger partial charge on any atom is -0.339 e. The number of amides is 2. The quantitative estimate of drug-likeness (QED) is 0.474. The van der Waals surface area contributed by atoms with Crippen LogP contribution in [0.1, 0.15) is 27.7 Å². The Balaban J connectivity index is 3.00. The molecule has 7 heteroatoms. The van der Waals surface area contributed by atoms with E-state index in [1.807, 2.05) is 18.7 Å². The van der Waals surface area contributed by atoms with Crippen LogP contribution in [0, 0.1) is 5.92 Å². The van der Waals surface area contributed by atoms with Crippen molar-refractivity contribution in [3.8, 4) is 0 Å². The van der Waals surface area contributed by atoms with Crippen molar-refractivity contribution in [2.75, 3.05) is 13.6 Å². The predicted octanol–water partition coefficient (Wildman–Crippen LogP) is 2.11. The highest BCUT2D eigenvalue weighted by atomic mass is 32.2. The Bertz CT molecular complexity index is 347. The number of nitrogens with zero attached hydrogens (tertiary/aromatic N) is 2. The Labute approximate surface area is 118 Å². The fraction of sp³-hybridized carbons (Fsp3) is 0.818. The standard InChI is InChI=1S/C11H21N3O2S2/c1-7(2)6-13-8(14(16)9(15)12-5)11(3,4)18-10(13)17/h7-8,16H,6H2,1-5H3,(H,12,15). The summed E-state index contributed by atoms with van der Waals surface area (Å²) < 4.78 is 0.384. The summed E-state index contributed by atoms with van der Waals surface area (Å²) >= 11 is 6.86. The van der Waals surface area contributed by atoms with Crippen LogP contribution in [0.15, 0.2) is 0 Å². The summed E-state index contributed by atoms with van der Waals surface area (Å²) in [6.07, 6.45) is -0.447. The second-order valence-corrected chi connectivity index (χ2v) is 7.58. The largest absolute Gasteiger partial charge is 0.342 e. The molecular formula is C11H21N3O2S2. The third kappa shape index (κ3) is 3.07. The van der Waals surface area contributed by atoms with Crippen LogP contribution >= 0.6 is 24.0 Å². The second kappa shape index (κ2) is 5.63. The van der Waals surface area contributed by atoms with E-state index >= 15 is 0 Å². The van der Waals surface area contributed by atoms with E-state index < -0.39 is 12.2 Å². The molecule has 0 bridgehead atoms. The Morgan fingerprint density at radius 2 is 2.22 bits per heavy atom. The summed E-state index contributed by atoms with van der Waals surface area (Å²) in [4.78, 5) is 13.5. The molecule has 1 heterocycles. The van der Waals surface area contributed by atoms with Crippen LogP contribution < -0.4 is 5.32 Å². The van der Waals surface area contributed by atoms with Gasteiger partial charge in [-0.25, -0.2) is 4.79 Å². The van der Waals surface area contributed by atoms with Crippen molar-refractivity contribution in [1.29, 1.82) is 0 Å². The van der Waals surface area contributed by atoms with Gasteiger partial charge in [0.2, 0.25) is 0 Å². The fourth-order valence-electron chi connectivity index (χ4n) is 2.03. The number of thioether (sulfide) groups is 1. The normalized spacial score (nSPS) is 22.5. The van der Waals surface area contributed by atoms with Crippen LogP contribution in [-0.2, 0) is 0 Å². The predicted molar refractivity (Wildman–Crippen MR) is 77.7 cm³/mol. The molecule has 2 N–H and O–H groups in total. The van der Waals surface area contributed by atoms with E-state index in [2.05, 4.69) is 19.2 Å². The Kier molecular flexibility index (Phi) is 4.85. The minimum atomic E-state index is -0.521. The maximum Gasteiger partial charge on any atom is 0.342 e. The van der Waals surface area contributed by atoms with Crippen LogP contribution in [0.5, 0.6) is 0 Å². The molecule has 0 saturated carbocycles. The zero-order chi connectivity index (χ0) is 14.1. The van der Waals surface area contributed by atoms with Gasteiger partial charge in [-0.15, -0.1) is 0 Å². The number of carbonyl (C=O) groups excluding carboxylic acids is 1. The number of hydrogen-bond donors (Lipinski definition) is 2. The van der Waals surface area contributed by atoms with E-state index in [0.29, 0.717) is 12.5 Å². The molecule has 1 saturated heterocycles. The van der Waals surface area contributed by atoms with Crippen LogP contribution in [-0.4, -0.2) is 50.0 Å². The van der Waals surface area contributed by atoms with Gasteiger partial charge in [0.15, 0.2) is 0 Å². The highest BCUT2D eigenvalue weighted by molar-refractivity contribution is 8.24. The smallest absolute Gasteiger partial charge is 0.339 e. The van der Waals surface area contributed by atoms with Gasteiger partial charge < -0.3 is 10.2 Å². The van der Waals surface area contributed by atoms with Crippen LogP contribution in [0.2, 0.25) is 0 Å². The van der Waals surface area contributed by atoms with Gasteiger partial charge in [0, 0.05) is 13.6 Å². The number of urea groups is 1. The summed E-state index contributed by atoms with van der Waals surface area (Å²) in [5.74, 6) is 0.401. The van der Waals surface area contributed by atoms with Gasteiger partial charge in [0.1, 0.15) is 10.5 Å². The lowest BCUT2D eigenvalue weighted by molar-refractivity contribution is -0.119. The first kappa shape index (κ1) is 15.5. The van der Waals surface area contributed by atoms with Gasteiger partial charge in [-0.3, -0.25) is 5.21 Å². The number of thiocarbonyl (C=S) groups is 1. The van der Waals surface area contributed by atoms with Crippen molar-refractivity contribution < 1.29 is 10.0 Å². The molecule has 0 aromatic carbocycles. The number of carbonyl (C=O) groups is 1. The molecule has 1 unspecified atom stereocenters. The molecule has 18 heavy (non-hydrogen) atoms. The SMILES string of the molecule is CNC(=O)N(O)C1N(CC(C)C)C(=S)SC1(C)C. The lowest BCUT2D eigenvalue weighted by atomic mass is 10.1. The average molecular weight is 291 g/mol. The third-order valence-corrected chi connectivity index (χ3v) is 4.35. The lowest BCUT2D eigenvalue weighted by Crippen LogP contribution is -2.56. The molecule has 1 rings (SSSR count). The van der Waals surface area contributed by atoms with Crippen LogP contribution in [0.4, 0.5) is 4.79 Å². The van der Waals surface area contributed by atoms with E-state index in [-0.39, 0.29) is 4.75 Å². The van der Waals surface area contributed by atoms with Crippen molar-refractivity contribution in [1.82, 2.24) is 15.3 Å². The van der Waals surface area contributed by atoms with Crippen molar-refractivity contribution in [2.45, 2.75) is 38.6 Å². The zero-order valence-corrected chi connectivity index (χ0v) is 13.1. The average Bonchev–Trinajstić information content (AvgIpc) is 2.46. The van der Waals surface area contributed by atoms with Crippen molar-refractivity contribution in [3.63, 3.8) is 0 Å². The summed E-state index contributed by atoms with van der Waals surface area (Å²) in [5.41, 5.74) is 0. The first-order valence-electron chi connectivity index (χ1n) is 5.90. The zero-order valence-electron chi connectivity index (χ0n) is 11.4. The maximum atomic E-state index is 11.6. The summed E-state index contributed by atoms with van der Waals surface area (Å²) in [6.45, 7) is 8.82. The van der Waals surface area contributed by atoms with Gasteiger partial charge >= 0.3 is 6.03 Å². The van der Waals surface area contributed by atoms with Crippen LogP contribution in [0.25, 0.3) is 0 Å². The van der Waals surface area contributed by atoms with E-state index in [1.54, 1.807) is 0 Å². The number of hydrogen-bond acceptors (Lipinski definition) is 4. The molecule has 5 nitrogen and oxygen atoms in total. The molecule has 0 radical (unpaired) electrons. The summed E-state index contributed by atoms with van der Waals surface area (Å²) in [7, 11) is 1.49. The molecule has 104 valence electrons. The van der Waals surface area contributed by atoms with Gasteiger partial charge in [-0.05, 0) is 19.8 Å². The molecule has 0 aromatic rings. The molecule has 0 spiro atoms. The van der Waals surface area contributed by atoms with Crippen molar-refractivity contribution in [2.24, 2.45) is 5.92 Å². The minimum absolute atomic E-state index is 0.340. The highest BCUT2D eigenvalue weighted by Crippen LogP contribution is 2.42. The second-order valence-electron chi connectivity index (χ2n) is 5.29. The molecular weight excluding hydrogens is 270 g/mol. The monoisotopic (exact) mass is 291 g/mol. The number of rotatable bonds is 3. The van der Waals surface area contributed by atoms with Crippen molar-refractivity contribution >= 4 is 34.3 Å². The number of hydroxylamine groups is 2. The number of nitrogens with one attached hydrogen (secondary N) is 1. The molecule has 1 aliphatic rings. The van der Waals surface area contributed by atoms with E-state index in [9.17, 15) is 10.0 Å².